The first-order valence-electron chi connectivity index (χ1n) is 12.8. The van der Waals surface area contributed by atoms with Crippen LogP contribution in [0.15, 0.2) is 79.4 Å². The molecule has 0 amide bonds. The molecule has 7 heteroatoms. The lowest BCUT2D eigenvalue weighted by Crippen LogP contribution is -2.19. The van der Waals surface area contributed by atoms with Crippen molar-refractivity contribution in [1.29, 1.82) is 0 Å². The molecule has 0 radical (unpaired) electrons. The highest BCUT2D eigenvalue weighted by atomic mass is 16.5. The number of pyridine rings is 3. The Morgan fingerprint density at radius 2 is 1.68 bits per heavy atom. The fourth-order valence-corrected chi connectivity index (χ4v) is 5.30. The van der Waals surface area contributed by atoms with Crippen molar-refractivity contribution in [3.05, 3.63) is 79.4 Å². The fourth-order valence-electron chi connectivity index (χ4n) is 5.30. The van der Waals surface area contributed by atoms with Crippen LogP contribution in [0.25, 0.3) is 55.7 Å². The number of hydrogen-bond acceptors (Lipinski definition) is 5. The molecular formula is C30H26N6O. The van der Waals surface area contributed by atoms with Gasteiger partial charge in [-0.1, -0.05) is 18.6 Å². The number of fused-ring (bicyclic) bond motifs is 2. The average molecular weight is 487 g/mol. The zero-order valence-corrected chi connectivity index (χ0v) is 20.3. The highest BCUT2D eigenvalue weighted by Crippen LogP contribution is 2.34. The molecule has 5 aromatic heterocycles. The van der Waals surface area contributed by atoms with Crippen LogP contribution in [0, 0.1) is 0 Å². The third-order valence-electron chi connectivity index (χ3n) is 7.18. The van der Waals surface area contributed by atoms with E-state index in [1.54, 1.807) is 6.20 Å². The van der Waals surface area contributed by atoms with Crippen LogP contribution >= 0.6 is 0 Å². The summed E-state index contributed by atoms with van der Waals surface area (Å²) >= 11 is 0. The number of nitrogens with one attached hydrogen (secondary N) is 2. The molecule has 1 aliphatic carbocycles. The normalized spacial score (nSPS) is 14.4. The van der Waals surface area contributed by atoms with Gasteiger partial charge in [0.2, 0.25) is 0 Å². The quantitative estimate of drug-likeness (QED) is 0.275. The first-order chi connectivity index (χ1) is 18.3. The lowest BCUT2D eigenvalue weighted by atomic mass is 9.98. The zero-order chi connectivity index (χ0) is 24.6. The summed E-state index contributed by atoms with van der Waals surface area (Å²) in [6.45, 7) is 0. The van der Waals surface area contributed by atoms with E-state index < -0.39 is 0 Å². The van der Waals surface area contributed by atoms with Gasteiger partial charge in [-0.3, -0.25) is 20.1 Å². The van der Waals surface area contributed by atoms with E-state index >= 15 is 0 Å². The Morgan fingerprint density at radius 1 is 0.757 bits per heavy atom. The molecule has 1 fully saturated rings. The summed E-state index contributed by atoms with van der Waals surface area (Å²) < 4.78 is 6.27. The summed E-state index contributed by atoms with van der Waals surface area (Å²) in [6.07, 6.45) is 13.6. The van der Waals surface area contributed by atoms with E-state index in [1.165, 1.54) is 19.3 Å². The van der Waals surface area contributed by atoms with Gasteiger partial charge >= 0.3 is 0 Å². The van der Waals surface area contributed by atoms with Gasteiger partial charge in [0, 0.05) is 40.4 Å². The highest BCUT2D eigenvalue weighted by molar-refractivity contribution is 6.00. The number of aromatic amines is 2. The molecule has 0 aliphatic heterocycles. The Hall–Kier alpha value is -4.52. The van der Waals surface area contributed by atoms with Crippen molar-refractivity contribution < 1.29 is 4.74 Å². The lowest BCUT2D eigenvalue weighted by Gasteiger charge is -2.23. The van der Waals surface area contributed by atoms with Crippen LogP contribution in [0.3, 0.4) is 0 Å². The summed E-state index contributed by atoms with van der Waals surface area (Å²) in [5.74, 6) is 0.835. The summed E-state index contributed by atoms with van der Waals surface area (Å²) in [6, 6.07) is 18.4. The van der Waals surface area contributed by atoms with E-state index in [1.807, 2.05) is 42.9 Å². The van der Waals surface area contributed by atoms with Crippen molar-refractivity contribution in [2.24, 2.45) is 0 Å². The predicted molar refractivity (Wildman–Crippen MR) is 145 cm³/mol. The predicted octanol–water partition coefficient (Wildman–Crippen LogP) is 6.94. The minimum Gasteiger partial charge on any atom is -0.489 e. The molecule has 0 atom stereocenters. The van der Waals surface area contributed by atoms with Crippen LogP contribution in [-0.4, -0.2) is 36.2 Å². The Kier molecular flexibility index (Phi) is 5.39. The number of benzene rings is 1. The SMILES string of the molecule is c1ccc(-c2nccc3[nH]c(-c4n[nH]c5ccc(-c6cncc(OC7CCCCC7)c6)cc45)cc23)nc1. The van der Waals surface area contributed by atoms with Crippen LogP contribution in [0.5, 0.6) is 5.75 Å². The number of hydrogen-bond donors (Lipinski definition) is 2. The zero-order valence-electron chi connectivity index (χ0n) is 20.3. The van der Waals surface area contributed by atoms with E-state index in [0.717, 1.165) is 74.3 Å². The van der Waals surface area contributed by atoms with E-state index in [9.17, 15) is 0 Å². The minimum absolute atomic E-state index is 0.293. The van der Waals surface area contributed by atoms with Crippen LogP contribution < -0.4 is 4.74 Å². The molecule has 2 N–H and O–H groups in total. The summed E-state index contributed by atoms with van der Waals surface area (Å²) in [4.78, 5) is 17.1. The lowest BCUT2D eigenvalue weighted by molar-refractivity contribution is 0.154. The topological polar surface area (TPSA) is 92.4 Å². The van der Waals surface area contributed by atoms with Crippen molar-refractivity contribution in [2.45, 2.75) is 38.2 Å². The molecule has 1 saturated carbocycles. The van der Waals surface area contributed by atoms with Gasteiger partial charge < -0.3 is 9.72 Å². The fraction of sp³-hybridized carbons (Fsp3) is 0.200. The van der Waals surface area contributed by atoms with Crippen molar-refractivity contribution in [3.8, 4) is 39.7 Å². The first kappa shape index (κ1) is 21.7. The first-order valence-corrected chi connectivity index (χ1v) is 12.8. The third kappa shape index (κ3) is 4.12. The number of H-pyrrole nitrogens is 2. The molecule has 37 heavy (non-hydrogen) atoms. The Labute approximate surface area is 214 Å². The van der Waals surface area contributed by atoms with Crippen molar-refractivity contribution in [2.75, 3.05) is 0 Å². The molecule has 0 saturated heterocycles. The van der Waals surface area contributed by atoms with Gasteiger partial charge in [0.15, 0.2) is 0 Å². The second kappa shape index (κ2) is 9.17. The summed E-state index contributed by atoms with van der Waals surface area (Å²) in [7, 11) is 0. The molecule has 1 aliphatic rings. The van der Waals surface area contributed by atoms with Crippen LogP contribution in [0.2, 0.25) is 0 Å². The maximum atomic E-state index is 6.27. The average Bonchev–Trinajstić information content (AvgIpc) is 3.58. The monoisotopic (exact) mass is 486 g/mol. The number of nitrogens with zero attached hydrogens (tertiary/aromatic N) is 4. The van der Waals surface area contributed by atoms with Gasteiger partial charge in [-0.15, -0.1) is 0 Å². The standard InChI is InChI=1S/C30H26N6O/c1-2-6-21(7-3-1)37-22-14-20(17-31-18-22)19-9-10-26-23(15-19)30(36-35-26)28-16-24-25(34-28)11-13-33-29(24)27-8-4-5-12-32-27/h4-5,8-18,21,34H,1-3,6-7H2,(H,35,36). The molecular weight excluding hydrogens is 460 g/mol. The molecule has 7 rings (SSSR count). The highest BCUT2D eigenvalue weighted by Gasteiger charge is 2.17. The number of ether oxygens (including phenoxy) is 1. The van der Waals surface area contributed by atoms with Gasteiger partial charge in [0.05, 0.1) is 34.9 Å². The largest absolute Gasteiger partial charge is 0.489 e. The molecule has 5 heterocycles. The van der Waals surface area contributed by atoms with Crippen LogP contribution in [-0.2, 0) is 0 Å². The van der Waals surface area contributed by atoms with Gasteiger partial charge in [0.25, 0.3) is 0 Å². The second-order valence-corrected chi connectivity index (χ2v) is 9.64. The van der Waals surface area contributed by atoms with E-state index in [-0.39, 0.29) is 0 Å². The molecule has 0 spiro atoms. The molecule has 0 bridgehead atoms. The smallest absolute Gasteiger partial charge is 0.138 e. The van der Waals surface area contributed by atoms with Crippen molar-refractivity contribution in [3.63, 3.8) is 0 Å². The molecule has 6 aromatic rings. The van der Waals surface area contributed by atoms with Gasteiger partial charge in [-0.2, -0.15) is 5.10 Å². The maximum absolute atomic E-state index is 6.27. The molecule has 1 aromatic carbocycles. The van der Waals surface area contributed by atoms with Crippen LogP contribution in [0.4, 0.5) is 0 Å². The Bertz CT molecular complexity index is 1700. The Morgan fingerprint density at radius 3 is 2.57 bits per heavy atom. The second-order valence-electron chi connectivity index (χ2n) is 9.64. The van der Waals surface area contributed by atoms with Gasteiger partial charge in [-0.05, 0) is 73.7 Å². The summed E-state index contributed by atoms with van der Waals surface area (Å²) in [5.41, 5.74) is 7.55. The van der Waals surface area contributed by atoms with Gasteiger partial charge in [-0.25, -0.2) is 0 Å². The Balaban J connectivity index is 1.26. The summed E-state index contributed by atoms with van der Waals surface area (Å²) in [5, 5.41) is 9.89. The third-order valence-corrected chi connectivity index (χ3v) is 7.18. The minimum atomic E-state index is 0.293. The molecule has 0 unspecified atom stereocenters. The van der Waals surface area contributed by atoms with Crippen molar-refractivity contribution >= 4 is 21.8 Å². The molecule has 182 valence electrons. The van der Waals surface area contributed by atoms with Crippen LogP contribution in [0.1, 0.15) is 32.1 Å². The molecule has 7 nitrogen and oxygen atoms in total. The van der Waals surface area contributed by atoms with E-state index in [0.29, 0.717) is 6.10 Å². The van der Waals surface area contributed by atoms with E-state index in [2.05, 4.69) is 60.5 Å². The number of rotatable bonds is 5. The number of aromatic nitrogens is 6. The van der Waals surface area contributed by atoms with Crippen molar-refractivity contribution in [1.82, 2.24) is 30.1 Å². The van der Waals surface area contributed by atoms with E-state index in [4.69, 9.17) is 4.74 Å². The maximum Gasteiger partial charge on any atom is 0.138 e. The van der Waals surface area contributed by atoms with Gasteiger partial charge in [0.1, 0.15) is 11.4 Å².